The van der Waals surface area contributed by atoms with E-state index in [-0.39, 0.29) is 5.91 Å². The Kier molecular flexibility index (Phi) is 6.24. The summed E-state index contributed by atoms with van der Waals surface area (Å²) in [5, 5.41) is 2.97. The van der Waals surface area contributed by atoms with Crippen molar-refractivity contribution >= 4 is 34.2 Å². The molecule has 0 aliphatic heterocycles. The Morgan fingerprint density at radius 3 is 2.59 bits per heavy atom. The van der Waals surface area contributed by atoms with E-state index in [4.69, 9.17) is 0 Å². The van der Waals surface area contributed by atoms with E-state index >= 15 is 0 Å². The molecule has 0 atom stereocenters. The number of nitrogens with zero attached hydrogens (tertiary/aromatic N) is 1. The van der Waals surface area contributed by atoms with Gasteiger partial charge >= 0.3 is 0 Å². The SMILES string of the molecule is Cc1ccc(N(C)CCCNC(=O)c2cccc(I)c2)cc1. The predicted octanol–water partition coefficient (Wildman–Crippen LogP) is 3.86. The zero-order chi connectivity index (χ0) is 15.9. The summed E-state index contributed by atoms with van der Waals surface area (Å²) in [7, 11) is 2.08. The molecule has 22 heavy (non-hydrogen) atoms. The van der Waals surface area contributed by atoms with Crippen LogP contribution < -0.4 is 10.2 Å². The topological polar surface area (TPSA) is 32.3 Å². The first kappa shape index (κ1) is 16.8. The molecule has 2 aromatic rings. The Bertz CT molecular complexity index is 625. The Morgan fingerprint density at radius 2 is 1.91 bits per heavy atom. The first-order chi connectivity index (χ1) is 10.6. The van der Waals surface area contributed by atoms with Gasteiger partial charge in [-0.05, 0) is 66.3 Å². The minimum absolute atomic E-state index is 0.00324. The summed E-state index contributed by atoms with van der Waals surface area (Å²) in [5.41, 5.74) is 3.19. The molecule has 0 saturated heterocycles. The Morgan fingerprint density at radius 1 is 1.18 bits per heavy atom. The molecule has 0 bridgehead atoms. The van der Waals surface area contributed by atoms with Gasteiger partial charge in [-0.15, -0.1) is 0 Å². The number of amides is 1. The van der Waals surface area contributed by atoms with Crippen molar-refractivity contribution in [1.82, 2.24) is 5.32 Å². The van der Waals surface area contributed by atoms with Gasteiger partial charge in [-0.25, -0.2) is 0 Å². The molecule has 0 aromatic heterocycles. The van der Waals surface area contributed by atoms with E-state index < -0.39 is 0 Å². The maximum atomic E-state index is 12.0. The number of nitrogens with one attached hydrogen (secondary N) is 1. The molecule has 0 radical (unpaired) electrons. The van der Waals surface area contributed by atoms with Gasteiger partial charge in [0.15, 0.2) is 0 Å². The third kappa shape index (κ3) is 5.02. The van der Waals surface area contributed by atoms with Crippen LogP contribution >= 0.6 is 22.6 Å². The molecule has 4 heteroatoms. The van der Waals surface area contributed by atoms with Gasteiger partial charge in [0.05, 0.1) is 0 Å². The summed E-state index contributed by atoms with van der Waals surface area (Å²) in [4.78, 5) is 14.2. The highest BCUT2D eigenvalue weighted by atomic mass is 127. The lowest BCUT2D eigenvalue weighted by Crippen LogP contribution is -2.28. The highest BCUT2D eigenvalue weighted by Crippen LogP contribution is 2.13. The summed E-state index contributed by atoms with van der Waals surface area (Å²) in [5.74, 6) is -0.00324. The van der Waals surface area contributed by atoms with Gasteiger partial charge in [0.1, 0.15) is 0 Å². The van der Waals surface area contributed by atoms with E-state index in [1.165, 1.54) is 11.3 Å². The standard InChI is InChI=1S/C18H21IN2O/c1-14-7-9-17(10-8-14)21(2)12-4-11-20-18(22)15-5-3-6-16(19)13-15/h3,5-10,13H,4,11-12H2,1-2H3,(H,20,22). The van der Waals surface area contributed by atoms with Crippen LogP contribution in [0.4, 0.5) is 5.69 Å². The molecular formula is C18H21IN2O. The van der Waals surface area contributed by atoms with Crippen LogP contribution in [-0.2, 0) is 0 Å². The molecule has 0 spiro atoms. The molecule has 2 aromatic carbocycles. The number of carbonyl (C=O) groups is 1. The van der Waals surface area contributed by atoms with E-state index in [2.05, 4.69) is 71.0 Å². The maximum Gasteiger partial charge on any atom is 0.251 e. The minimum atomic E-state index is -0.00324. The molecule has 1 N–H and O–H groups in total. The van der Waals surface area contributed by atoms with Crippen molar-refractivity contribution in [2.75, 3.05) is 25.0 Å². The number of carbonyl (C=O) groups excluding carboxylic acids is 1. The van der Waals surface area contributed by atoms with Gasteiger partial charge in [-0.1, -0.05) is 23.8 Å². The second kappa shape index (κ2) is 8.17. The molecule has 0 saturated carbocycles. The van der Waals surface area contributed by atoms with Crippen molar-refractivity contribution in [3.05, 3.63) is 63.2 Å². The van der Waals surface area contributed by atoms with E-state index in [9.17, 15) is 4.79 Å². The average molecular weight is 408 g/mol. The molecule has 3 nitrogen and oxygen atoms in total. The van der Waals surface area contributed by atoms with Crippen molar-refractivity contribution in [2.45, 2.75) is 13.3 Å². The maximum absolute atomic E-state index is 12.0. The third-order valence-electron chi connectivity index (χ3n) is 3.52. The van der Waals surface area contributed by atoms with E-state index in [1.54, 1.807) is 0 Å². The summed E-state index contributed by atoms with van der Waals surface area (Å²) in [6.07, 6.45) is 0.917. The largest absolute Gasteiger partial charge is 0.375 e. The summed E-state index contributed by atoms with van der Waals surface area (Å²) >= 11 is 2.21. The number of benzene rings is 2. The fourth-order valence-corrected chi connectivity index (χ4v) is 2.72. The zero-order valence-electron chi connectivity index (χ0n) is 13.0. The smallest absolute Gasteiger partial charge is 0.251 e. The Balaban J connectivity index is 1.75. The number of hydrogen-bond acceptors (Lipinski definition) is 2. The van der Waals surface area contributed by atoms with Crippen LogP contribution in [0.2, 0.25) is 0 Å². The molecule has 1 amide bonds. The number of rotatable bonds is 6. The van der Waals surface area contributed by atoms with Gasteiger partial charge in [0, 0.05) is 35.0 Å². The predicted molar refractivity (Wildman–Crippen MR) is 101 cm³/mol. The number of hydrogen-bond donors (Lipinski definition) is 1. The van der Waals surface area contributed by atoms with Crippen LogP contribution in [0.25, 0.3) is 0 Å². The average Bonchev–Trinajstić information content (AvgIpc) is 2.51. The van der Waals surface area contributed by atoms with E-state index in [0.29, 0.717) is 6.54 Å². The molecule has 0 unspecified atom stereocenters. The molecular weight excluding hydrogens is 387 g/mol. The first-order valence-electron chi connectivity index (χ1n) is 7.38. The Hall–Kier alpha value is -1.56. The highest BCUT2D eigenvalue weighted by molar-refractivity contribution is 14.1. The lowest BCUT2D eigenvalue weighted by Gasteiger charge is -2.19. The van der Waals surface area contributed by atoms with Gasteiger partial charge in [-0.2, -0.15) is 0 Å². The Labute approximate surface area is 145 Å². The zero-order valence-corrected chi connectivity index (χ0v) is 15.1. The van der Waals surface area contributed by atoms with Crippen LogP contribution in [0.15, 0.2) is 48.5 Å². The van der Waals surface area contributed by atoms with Crippen molar-refractivity contribution in [3.8, 4) is 0 Å². The lowest BCUT2D eigenvalue weighted by molar-refractivity contribution is 0.0953. The molecule has 0 heterocycles. The number of halogens is 1. The third-order valence-corrected chi connectivity index (χ3v) is 4.19. The lowest BCUT2D eigenvalue weighted by atomic mass is 10.2. The molecule has 0 aliphatic carbocycles. The van der Waals surface area contributed by atoms with Gasteiger partial charge in [-0.3, -0.25) is 4.79 Å². The van der Waals surface area contributed by atoms with Crippen molar-refractivity contribution in [1.29, 1.82) is 0 Å². The van der Waals surface area contributed by atoms with E-state index in [1.807, 2.05) is 24.3 Å². The van der Waals surface area contributed by atoms with Crippen LogP contribution in [0.1, 0.15) is 22.3 Å². The molecule has 0 fully saturated rings. The fraction of sp³-hybridized carbons (Fsp3) is 0.278. The summed E-state index contributed by atoms with van der Waals surface area (Å²) in [6, 6.07) is 16.1. The molecule has 116 valence electrons. The molecule has 0 aliphatic rings. The molecule has 2 rings (SSSR count). The van der Waals surface area contributed by atoms with Crippen molar-refractivity contribution < 1.29 is 4.79 Å². The van der Waals surface area contributed by atoms with Crippen molar-refractivity contribution in [2.24, 2.45) is 0 Å². The van der Waals surface area contributed by atoms with Crippen LogP contribution in [0.3, 0.4) is 0 Å². The quantitative estimate of drug-likeness (QED) is 0.582. The minimum Gasteiger partial charge on any atom is -0.375 e. The van der Waals surface area contributed by atoms with Crippen molar-refractivity contribution in [3.63, 3.8) is 0 Å². The van der Waals surface area contributed by atoms with Crippen LogP contribution in [-0.4, -0.2) is 26.0 Å². The summed E-state index contributed by atoms with van der Waals surface area (Å²) < 4.78 is 1.07. The summed E-state index contributed by atoms with van der Waals surface area (Å²) in [6.45, 7) is 3.68. The van der Waals surface area contributed by atoms with Crippen LogP contribution in [0.5, 0.6) is 0 Å². The highest BCUT2D eigenvalue weighted by Gasteiger charge is 2.05. The van der Waals surface area contributed by atoms with Gasteiger partial charge in [0.2, 0.25) is 0 Å². The fourth-order valence-electron chi connectivity index (χ4n) is 2.18. The van der Waals surface area contributed by atoms with Crippen LogP contribution in [0, 0.1) is 10.5 Å². The second-order valence-corrected chi connectivity index (χ2v) is 6.62. The van der Waals surface area contributed by atoms with E-state index in [0.717, 1.165) is 22.1 Å². The monoisotopic (exact) mass is 408 g/mol. The number of aryl methyl sites for hydroxylation is 1. The normalized spacial score (nSPS) is 10.3. The number of anilines is 1. The van der Waals surface area contributed by atoms with Gasteiger partial charge in [0.25, 0.3) is 5.91 Å². The van der Waals surface area contributed by atoms with Gasteiger partial charge < -0.3 is 10.2 Å². The second-order valence-electron chi connectivity index (χ2n) is 5.38. The first-order valence-corrected chi connectivity index (χ1v) is 8.46.